The van der Waals surface area contributed by atoms with Crippen LogP contribution in [0.4, 0.5) is 5.69 Å². The van der Waals surface area contributed by atoms with E-state index < -0.39 is 11.5 Å². The van der Waals surface area contributed by atoms with Crippen LogP contribution in [0.25, 0.3) is 0 Å². The summed E-state index contributed by atoms with van der Waals surface area (Å²) in [5.74, 6) is -0.881. The monoisotopic (exact) mass is 293 g/mol. The molecule has 0 saturated carbocycles. The highest BCUT2D eigenvalue weighted by Gasteiger charge is 2.39. The van der Waals surface area contributed by atoms with Gasteiger partial charge in [-0.1, -0.05) is 25.5 Å². The van der Waals surface area contributed by atoms with E-state index in [-0.39, 0.29) is 5.97 Å². The first-order valence-electron chi connectivity index (χ1n) is 7.51. The Morgan fingerprint density at radius 3 is 2.29 bits per heavy atom. The molecular weight excluding hydrogens is 266 g/mol. The van der Waals surface area contributed by atoms with Crippen molar-refractivity contribution in [2.75, 3.05) is 25.6 Å². The van der Waals surface area contributed by atoms with Gasteiger partial charge in [-0.15, -0.1) is 0 Å². The number of hydrogen-bond acceptors (Lipinski definition) is 4. The minimum Gasteiger partial charge on any atom is -0.466 e. The maximum atomic E-state index is 12.1. The van der Waals surface area contributed by atoms with Crippen LogP contribution in [0.5, 0.6) is 0 Å². The maximum absolute atomic E-state index is 12.1. The zero-order chi connectivity index (χ0) is 16.0. The lowest BCUT2D eigenvalue weighted by atomic mass is 9.80. The Morgan fingerprint density at radius 2 is 1.86 bits per heavy atom. The molecule has 21 heavy (non-hydrogen) atoms. The third kappa shape index (κ3) is 4.21. The lowest BCUT2D eigenvalue weighted by molar-refractivity contribution is -0.158. The normalized spacial score (nSPS) is 15.1. The zero-order valence-corrected chi connectivity index (χ0v) is 13.7. The molecule has 0 aliphatic heterocycles. The second kappa shape index (κ2) is 7.46. The van der Waals surface area contributed by atoms with Gasteiger partial charge in [-0.25, -0.2) is 0 Å². The van der Waals surface area contributed by atoms with Gasteiger partial charge in [0.15, 0.2) is 0 Å². The molecule has 4 nitrogen and oxygen atoms in total. The highest BCUT2D eigenvalue weighted by Crippen LogP contribution is 2.34. The molecule has 0 saturated heterocycles. The van der Waals surface area contributed by atoms with Gasteiger partial charge in [0.05, 0.1) is 12.5 Å². The molecule has 2 atom stereocenters. The van der Waals surface area contributed by atoms with Crippen LogP contribution < -0.4 is 4.90 Å². The average Bonchev–Trinajstić information content (AvgIpc) is 2.44. The second-order valence-electron chi connectivity index (χ2n) is 5.68. The molecule has 0 aromatic heterocycles. The summed E-state index contributed by atoms with van der Waals surface area (Å²) in [5, 5.41) is 10.9. The van der Waals surface area contributed by atoms with E-state index in [1.54, 1.807) is 13.8 Å². The molecular formula is C17H27NO3. The quantitative estimate of drug-likeness (QED) is 0.785. The van der Waals surface area contributed by atoms with Gasteiger partial charge in [0.2, 0.25) is 0 Å². The summed E-state index contributed by atoms with van der Waals surface area (Å²) >= 11 is 0. The van der Waals surface area contributed by atoms with Crippen LogP contribution >= 0.6 is 0 Å². The van der Waals surface area contributed by atoms with Gasteiger partial charge in [0.25, 0.3) is 0 Å². The Labute approximate surface area is 127 Å². The number of esters is 1. The Kier molecular flexibility index (Phi) is 6.21. The number of anilines is 1. The Balaban J connectivity index is 3.06. The number of ether oxygens (including phenoxy) is 1. The lowest BCUT2D eigenvalue weighted by Gasteiger charge is -2.32. The number of aliphatic hydroxyl groups is 1. The SMILES string of the molecule is CCCC(C(=O)OCC)C(C)(O)c1ccc(N(C)C)cc1. The predicted octanol–water partition coefficient (Wildman–Crippen LogP) is 2.94. The van der Waals surface area contributed by atoms with Gasteiger partial charge < -0.3 is 14.7 Å². The highest BCUT2D eigenvalue weighted by molar-refractivity contribution is 5.74. The van der Waals surface area contributed by atoms with E-state index in [1.165, 1.54) is 0 Å². The molecule has 1 N–H and O–H groups in total. The van der Waals surface area contributed by atoms with Crippen LogP contribution in [0.3, 0.4) is 0 Å². The standard InChI is InChI=1S/C17H27NO3/c1-6-8-15(16(19)21-7-2)17(3,20)13-9-11-14(12-10-13)18(4)5/h9-12,15,20H,6-8H2,1-5H3. The summed E-state index contributed by atoms with van der Waals surface area (Å²) in [6.45, 7) is 5.79. The molecule has 4 heteroatoms. The second-order valence-corrected chi connectivity index (χ2v) is 5.68. The fourth-order valence-corrected chi connectivity index (χ4v) is 2.46. The van der Waals surface area contributed by atoms with Gasteiger partial charge in [-0.05, 0) is 38.0 Å². The molecule has 0 fully saturated rings. The van der Waals surface area contributed by atoms with Crippen molar-refractivity contribution in [2.45, 2.75) is 39.2 Å². The highest BCUT2D eigenvalue weighted by atomic mass is 16.5. The fourth-order valence-electron chi connectivity index (χ4n) is 2.46. The lowest BCUT2D eigenvalue weighted by Crippen LogP contribution is -2.38. The van der Waals surface area contributed by atoms with E-state index in [9.17, 15) is 9.90 Å². The number of carbonyl (C=O) groups excluding carboxylic acids is 1. The van der Waals surface area contributed by atoms with Gasteiger partial charge >= 0.3 is 5.97 Å². The van der Waals surface area contributed by atoms with Crippen molar-refractivity contribution in [3.63, 3.8) is 0 Å². The molecule has 0 amide bonds. The average molecular weight is 293 g/mol. The Morgan fingerprint density at radius 1 is 1.29 bits per heavy atom. The van der Waals surface area contributed by atoms with Crippen molar-refractivity contribution in [3.05, 3.63) is 29.8 Å². The topological polar surface area (TPSA) is 49.8 Å². The van der Waals surface area contributed by atoms with Crippen LogP contribution in [0.2, 0.25) is 0 Å². The summed E-state index contributed by atoms with van der Waals surface area (Å²) in [4.78, 5) is 14.1. The number of benzene rings is 1. The van der Waals surface area contributed by atoms with Crippen molar-refractivity contribution in [2.24, 2.45) is 5.92 Å². The van der Waals surface area contributed by atoms with Crippen molar-refractivity contribution < 1.29 is 14.6 Å². The van der Waals surface area contributed by atoms with Crippen molar-refractivity contribution >= 4 is 11.7 Å². The van der Waals surface area contributed by atoms with E-state index >= 15 is 0 Å². The third-order valence-electron chi connectivity index (χ3n) is 3.80. The summed E-state index contributed by atoms with van der Waals surface area (Å²) in [6, 6.07) is 7.63. The summed E-state index contributed by atoms with van der Waals surface area (Å²) in [5.41, 5.74) is 0.560. The molecule has 118 valence electrons. The van der Waals surface area contributed by atoms with Crippen molar-refractivity contribution in [1.82, 2.24) is 0 Å². The van der Waals surface area contributed by atoms with Crippen LogP contribution in [0.1, 0.15) is 39.2 Å². The van der Waals surface area contributed by atoms with Crippen LogP contribution in [-0.4, -0.2) is 31.8 Å². The van der Waals surface area contributed by atoms with E-state index in [0.29, 0.717) is 13.0 Å². The minimum atomic E-state index is -1.23. The molecule has 0 aliphatic rings. The molecule has 1 aromatic rings. The molecule has 0 radical (unpaired) electrons. The zero-order valence-electron chi connectivity index (χ0n) is 13.7. The molecule has 0 aliphatic carbocycles. The number of rotatable bonds is 7. The Hall–Kier alpha value is -1.55. The van der Waals surface area contributed by atoms with E-state index in [1.807, 2.05) is 50.2 Å². The summed E-state index contributed by atoms with van der Waals surface area (Å²) < 4.78 is 5.12. The smallest absolute Gasteiger partial charge is 0.312 e. The van der Waals surface area contributed by atoms with Gasteiger partial charge in [-0.2, -0.15) is 0 Å². The third-order valence-corrected chi connectivity index (χ3v) is 3.80. The largest absolute Gasteiger partial charge is 0.466 e. The van der Waals surface area contributed by atoms with E-state index in [4.69, 9.17) is 4.74 Å². The van der Waals surface area contributed by atoms with Crippen LogP contribution in [-0.2, 0) is 15.1 Å². The molecule has 0 heterocycles. The minimum absolute atomic E-state index is 0.328. The first kappa shape index (κ1) is 17.5. The van der Waals surface area contributed by atoms with Crippen molar-refractivity contribution in [3.8, 4) is 0 Å². The summed E-state index contributed by atoms with van der Waals surface area (Å²) in [7, 11) is 3.93. The molecule has 1 rings (SSSR count). The van der Waals surface area contributed by atoms with Gasteiger partial charge in [-0.3, -0.25) is 4.79 Å². The Bertz CT molecular complexity index is 452. The molecule has 0 bridgehead atoms. The first-order chi connectivity index (χ1) is 9.84. The van der Waals surface area contributed by atoms with Gasteiger partial charge in [0.1, 0.15) is 5.60 Å². The number of hydrogen-bond donors (Lipinski definition) is 1. The first-order valence-corrected chi connectivity index (χ1v) is 7.51. The molecule has 1 aromatic carbocycles. The fraction of sp³-hybridized carbons (Fsp3) is 0.588. The van der Waals surface area contributed by atoms with E-state index in [2.05, 4.69) is 0 Å². The molecule has 0 spiro atoms. The van der Waals surface area contributed by atoms with Crippen molar-refractivity contribution in [1.29, 1.82) is 0 Å². The van der Waals surface area contributed by atoms with Crippen LogP contribution in [0.15, 0.2) is 24.3 Å². The number of carbonyl (C=O) groups is 1. The number of nitrogens with zero attached hydrogens (tertiary/aromatic N) is 1. The molecule has 2 unspecified atom stereocenters. The van der Waals surface area contributed by atoms with E-state index in [0.717, 1.165) is 17.7 Å². The maximum Gasteiger partial charge on any atom is 0.312 e. The predicted molar refractivity (Wildman–Crippen MR) is 85.4 cm³/mol. The van der Waals surface area contributed by atoms with Crippen LogP contribution in [0, 0.1) is 5.92 Å². The summed E-state index contributed by atoms with van der Waals surface area (Å²) in [6.07, 6.45) is 1.41. The van der Waals surface area contributed by atoms with Gasteiger partial charge in [0, 0.05) is 19.8 Å².